The summed E-state index contributed by atoms with van der Waals surface area (Å²) in [4.78, 5) is 25.2. The van der Waals surface area contributed by atoms with Crippen molar-refractivity contribution in [1.29, 1.82) is 0 Å². The average Bonchev–Trinajstić information content (AvgIpc) is 3.11. The number of benzene rings is 2. The van der Waals surface area contributed by atoms with Crippen molar-refractivity contribution in [3.63, 3.8) is 0 Å². The van der Waals surface area contributed by atoms with Gasteiger partial charge in [0.1, 0.15) is 12.2 Å². The number of rotatable bonds is 4. The zero-order valence-electron chi connectivity index (χ0n) is 17.3. The smallest absolute Gasteiger partial charge is 0.338 e. The van der Waals surface area contributed by atoms with Crippen LogP contribution in [0.5, 0.6) is 0 Å². The van der Waals surface area contributed by atoms with Gasteiger partial charge < -0.3 is 24.1 Å². The van der Waals surface area contributed by atoms with Gasteiger partial charge in [0.15, 0.2) is 17.5 Å². The Bertz CT molecular complexity index is 970. The van der Waals surface area contributed by atoms with Crippen LogP contribution in [0.1, 0.15) is 34.6 Å². The maximum absolute atomic E-state index is 12.6. The van der Waals surface area contributed by atoms with Gasteiger partial charge in [-0.2, -0.15) is 0 Å². The first-order valence-electron chi connectivity index (χ1n) is 10.0. The Morgan fingerprint density at radius 3 is 1.97 bits per heavy atom. The summed E-state index contributed by atoms with van der Waals surface area (Å²) in [7, 11) is 0. The minimum atomic E-state index is -1.43. The van der Waals surface area contributed by atoms with Crippen LogP contribution < -0.4 is 0 Å². The molecule has 31 heavy (non-hydrogen) atoms. The van der Waals surface area contributed by atoms with E-state index in [2.05, 4.69) is 0 Å². The van der Waals surface area contributed by atoms with E-state index in [1.807, 2.05) is 0 Å². The molecule has 1 N–H and O–H groups in total. The van der Waals surface area contributed by atoms with Crippen molar-refractivity contribution >= 4 is 11.9 Å². The van der Waals surface area contributed by atoms with Crippen molar-refractivity contribution in [2.45, 2.75) is 43.5 Å². The van der Waals surface area contributed by atoms with Crippen molar-refractivity contribution < 1.29 is 33.6 Å². The van der Waals surface area contributed by atoms with Crippen LogP contribution in [0, 0.1) is 0 Å². The Labute approximate surface area is 180 Å². The van der Waals surface area contributed by atoms with E-state index in [0.29, 0.717) is 11.1 Å². The molecule has 2 aromatic rings. The van der Waals surface area contributed by atoms with Crippen LogP contribution >= 0.6 is 0 Å². The van der Waals surface area contributed by atoms with Gasteiger partial charge in [0, 0.05) is 0 Å². The second kappa shape index (κ2) is 8.26. The fourth-order valence-corrected chi connectivity index (χ4v) is 3.78. The molecule has 1 heterocycles. The van der Waals surface area contributed by atoms with Gasteiger partial charge in [-0.25, -0.2) is 9.59 Å². The molecule has 1 spiro atoms. The Balaban J connectivity index is 1.59. The molecule has 1 aliphatic heterocycles. The molecule has 1 saturated heterocycles. The van der Waals surface area contributed by atoms with E-state index in [0.717, 1.165) is 0 Å². The van der Waals surface area contributed by atoms with Crippen LogP contribution in [0.15, 0.2) is 72.8 Å². The summed E-state index contributed by atoms with van der Waals surface area (Å²) >= 11 is 0. The Morgan fingerprint density at radius 1 is 0.903 bits per heavy atom. The van der Waals surface area contributed by atoms with Crippen LogP contribution in [0.4, 0.5) is 0 Å². The lowest BCUT2D eigenvalue weighted by atomic mass is 9.82. The SMILES string of the molecule is CC1(C)OC[C@@]2(O1)[C@H](OC(=O)c1ccccc1)C=C[C@@H](OC(=O)c1ccccc1)[C@@H]2O. The lowest BCUT2D eigenvalue weighted by molar-refractivity contribution is -0.220. The molecule has 0 saturated carbocycles. The molecule has 7 nitrogen and oxygen atoms in total. The number of ether oxygens (including phenoxy) is 4. The van der Waals surface area contributed by atoms with Gasteiger partial charge >= 0.3 is 11.9 Å². The maximum Gasteiger partial charge on any atom is 0.338 e. The normalized spacial score (nSPS) is 28.9. The highest BCUT2D eigenvalue weighted by atomic mass is 16.8. The van der Waals surface area contributed by atoms with Crippen molar-refractivity contribution in [2.75, 3.05) is 6.61 Å². The Kier molecular flexibility index (Phi) is 5.66. The predicted molar refractivity (Wildman–Crippen MR) is 110 cm³/mol. The fraction of sp³-hybridized carbons (Fsp3) is 0.333. The second-order valence-corrected chi connectivity index (χ2v) is 8.00. The van der Waals surface area contributed by atoms with Crippen LogP contribution in [-0.4, -0.2) is 53.4 Å². The van der Waals surface area contributed by atoms with Crippen LogP contribution in [0.25, 0.3) is 0 Å². The van der Waals surface area contributed by atoms with E-state index in [9.17, 15) is 14.7 Å². The number of hydrogen-bond acceptors (Lipinski definition) is 7. The molecule has 1 aliphatic carbocycles. The summed E-state index contributed by atoms with van der Waals surface area (Å²) in [5.74, 6) is -2.16. The number of aliphatic hydroxyl groups excluding tert-OH is 1. The average molecular weight is 424 g/mol. The zero-order valence-corrected chi connectivity index (χ0v) is 17.3. The highest BCUT2D eigenvalue weighted by molar-refractivity contribution is 5.90. The van der Waals surface area contributed by atoms with Gasteiger partial charge in [-0.05, 0) is 50.3 Å². The van der Waals surface area contributed by atoms with Crippen molar-refractivity contribution in [3.05, 3.63) is 83.9 Å². The van der Waals surface area contributed by atoms with Crippen molar-refractivity contribution in [2.24, 2.45) is 0 Å². The molecule has 4 atom stereocenters. The molecule has 0 radical (unpaired) electrons. The topological polar surface area (TPSA) is 91.3 Å². The first-order valence-corrected chi connectivity index (χ1v) is 10.0. The molecule has 0 aromatic heterocycles. The molecular weight excluding hydrogens is 400 g/mol. The lowest BCUT2D eigenvalue weighted by Crippen LogP contribution is -2.62. The van der Waals surface area contributed by atoms with Gasteiger partial charge in [-0.3, -0.25) is 0 Å². The molecular formula is C24H24O7. The fourth-order valence-electron chi connectivity index (χ4n) is 3.78. The van der Waals surface area contributed by atoms with E-state index in [-0.39, 0.29) is 6.61 Å². The van der Waals surface area contributed by atoms with Crippen LogP contribution in [0.3, 0.4) is 0 Å². The summed E-state index contributed by atoms with van der Waals surface area (Å²) in [6, 6.07) is 17.0. The Morgan fingerprint density at radius 2 is 1.45 bits per heavy atom. The van der Waals surface area contributed by atoms with E-state index >= 15 is 0 Å². The summed E-state index contributed by atoms with van der Waals surface area (Å²) < 4.78 is 23.0. The second-order valence-electron chi connectivity index (χ2n) is 8.00. The summed E-state index contributed by atoms with van der Waals surface area (Å²) in [6.45, 7) is 3.36. The first-order chi connectivity index (χ1) is 14.8. The number of hydrogen-bond donors (Lipinski definition) is 1. The number of aliphatic hydroxyl groups is 1. The van der Waals surface area contributed by atoms with Gasteiger partial charge in [0.05, 0.1) is 17.7 Å². The molecule has 0 amide bonds. The number of esters is 2. The molecule has 4 rings (SSSR count). The van der Waals surface area contributed by atoms with E-state index in [4.69, 9.17) is 18.9 Å². The zero-order chi connectivity index (χ0) is 22.1. The lowest BCUT2D eigenvalue weighted by Gasteiger charge is -2.42. The van der Waals surface area contributed by atoms with E-state index < -0.39 is 41.6 Å². The molecule has 2 aliphatic rings. The first kappa shape index (κ1) is 21.2. The highest BCUT2D eigenvalue weighted by Gasteiger charge is 2.60. The standard InChI is InChI=1S/C24H24O7/c1-23(2)28-15-24(31-23)19(30-22(27)17-11-7-4-8-12-17)14-13-18(20(24)25)29-21(26)16-9-5-3-6-10-16/h3-14,18-20,25H,15H2,1-2H3/t18-,19-,20+,24-/m1/s1. The largest absolute Gasteiger partial charge is 0.452 e. The minimum Gasteiger partial charge on any atom is -0.452 e. The third-order valence-electron chi connectivity index (χ3n) is 5.35. The molecule has 162 valence electrons. The van der Waals surface area contributed by atoms with Gasteiger partial charge in [-0.1, -0.05) is 36.4 Å². The quantitative estimate of drug-likeness (QED) is 0.596. The molecule has 7 heteroatoms. The molecule has 1 fully saturated rings. The number of carbonyl (C=O) groups excluding carboxylic acids is 2. The number of carbonyl (C=O) groups is 2. The molecule has 2 aromatic carbocycles. The third-order valence-corrected chi connectivity index (χ3v) is 5.35. The van der Waals surface area contributed by atoms with Gasteiger partial charge in [-0.15, -0.1) is 0 Å². The van der Waals surface area contributed by atoms with Crippen LogP contribution in [0.2, 0.25) is 0 Å². The molecule has 0 bridgehead atoms. The van der Waals surface area contributed by atoms with Gasteiger partial charge in [0.2, 0.25) is 0 Å². The summed E-state index contributed by atoms with van der Waals surface area (Å²) in [5, 5.41) is 11.2. The predicted octanol–water partition coefficient (Wildman–Crippen LogP) is 2.89. The Hall–Kier alpha value is -3.00. The van der Waals surface area contributed by atoms with Crippen molar-refractivity contribution in [3.8, 4) is 0 Å². The van der Waals surface area contributed by atoms with Crippen molar-refractivity contribution in [1.82, 2.24) is 0 Å². The summed E-state index contributed by atoms with van der Waals surface area (Å²) in [5.41, 5.74) is -0.695. The van der Waals surface area contributed by atoms with E-state index in [1.165, 1.54) is 6.08 Å². The molecule has 0 unspecified atom stereocenters. The summed E-state index contributed by atoms with van der Waals surface area (Å²) in [6.07, 6.45) is -0.184. The third kappa shape index (κ3) is 4.25. The maximum atomic E-state index is 12.6. The van der Waals surface area contributed by atoms with Gasteiger partial charge in [0.25, 0.3) is 0 Å². The van der Waals surface area contributed by atoms with E-state index in [1.54, 1.807) is 80.6 Å². The van der Waals surface area contributed by atoms with Crippen LogP contribution in [-0.2, 0) is 18.9 Å². The monoisotopic (exact) mass is 424 g/mol. The minimum absolute atomic E-state index is 0.0440. The highest BCUT2D eigenvalue weighted by Crippen LogP contribution is 2.42.